The van der Waals surface area contributed by atoms with Crippen LogP contribution in [0, 0.1) is 17.5 Å². The van der Waals surface area contributed by atoms with Crippen molar-refractivity contribution in [2.45, 2.75) is 83.1 Å². The average molecular weight is 719 g/mol. The normalized spacial score (nSPS) is 12.1. The van der Waals surface area contributed by atoms with Crippen molar-refractivity contribution in [2.24, 2.45) is 0 Å². The molecule has 3 N–H and O–H groups in total. The quantitative estimate of drug-likeness (QED) is 0.118. The van der Waals surface area contributed by atoms with Gasteiger partial charge in [0.05, 0.1) is 27.0 Å². The average Bonchev–Trinajstić information content (AvgIpc) is 3.45. The molecule has 264 valence electrons. The molecule has 2 aromatic heterocycles. The number of hydrogen-bond donors (Lipinski definition) is 3. The summed E-state index contributed by atoms with van der Waals surface area (Å²) in [4.78, 5) is 24.8. The Bertz CT molecular complexity index is 1870. The highest BCUT2D eigenvalue weighted by molar-refractivity contribution is 7.92. The van der Waals surface area contributed by atoms with E-state index in [9.17, 15) is 22.0 Å². The van der Waals surface area contributed by atoms with Gasteiger partial charge in [-0.3, -0.25) is 4.72 Å². The predicted octanol–water partition coefficient (Wildman–Crippen LogP) is 8.28. The third-order valence-electron chi connectivity index (χ3n) is 6.90. The summed E-state index contributed by atoms with van der Waals surface area (Å²) in [5, 5.41) is 6.65. The zero-order chi connectivity index (χ0) is 36.0. The van der Waals surface area contributed by atoms with Crippen LogP contribution in [-0.4, -0.2) is 48.2 Å². The van der Waals surface area contributed by atoms with Crippen molar-refractivity contribution in [1.82, 2.24) is 20.3 Å². The minimum absolute atomic E-state index is 0.0229. The van der Waals surface area contributed by atoms with Crippen LogP contribution in [0.15, 0.2) is 53.6 Å². The standard InChI is InChI=1S/C34H41F3N6O4S2/c1-33(2,3)30-42-27(21-13-11-16-24(26(21)37)43-49(45,46)29-22(35)14-12-15-23(29)36)28(48-30)25-17-20-39-31(41-25)38-18-9-7-8-10-19-40-32(44)47-34(4,5)6/h11-17,20,43H,7-10,18-19H2,1-6H3,(H,40,44)(H,38,39,41). The molecule has 0 radical (unpaired) electrons. The molecule has 0 saturated heterocycles. The molecule has 0 bridgehead atoms. The van der Waals surface area contributed by atoms with E-state index in [0.29, 0.717) is 34.6 Å². The first-order chi connectivity index (χ1) is 23.0. The molecule has 1 amide bonds. The fourth-order valence-corrected chi connectivity index (χ4v) is 6.91. The van der Waals surface area contributed by atoms with Crippen molar-refractivity contribution < 1.29 is 31.1 Å². The van der Waals surface area contributed by atoms with Crippen LogP contribution in [0.25, 0.3) is 21.8 Å². The molecule has 0 aliphatic heterocycles. The lowest BCUT2D eigenvalue weighted by atomic mass is 9.98. The van der Waals surface area contributed by atoms with Gasteiger partial charge in [-0.15, -0.1) is 11.3 Å². The maximum absolute atomic E-state index is 16.1. The molecule has 49 heavy (non-hydrogen) atoms. The molecular weight excluding hydrogens is 678 g/mol. The summed E-state index contributed by atoms with van der Waals surface area (Å²) in [6.45, 7) is 12.5. The predicted molar refractivity (Wildman–Crippen MR) is 186 cm³/mol. The Balaban J connectivity index is 1.49. The van der Waals surface area contributed by atoms with Gasteiger partial charge in [0.15, 0.2) is 10.7 Å². The zero-order valence-electron chi connectivity index (χ0n) is 28.3. The van der Waals surface area contributed by atoms with Crippen molar-refractivity contribution in [3.05, 3.63) is 71.1 Å². The maximum Gasteiger partial charge on any atom is 0.407 e. The number of amides is 1. The van der Waals surface area contributed by atoms with Gasteiger partial charge in [-0.25, -0.2) is 41.3 Å². The van der Waals surface area contributed by atoms with Gasteiger partial charge in [-0.05, 0) is 63.9 Å². The zero-order valence-corrected chi connectivity index (χ0v) is 29.9. The highest BCUT2D eigenvalue weighted by Gasteiger charge is 2.28. The molecule has 4 aromatic rings. The molecule has 10 nitrogen and oxygen atoms in total. The number of nitrogens with one attached hydrogen (secondary N) is 3. The Morgan fingerprint density at radius 1 is 0.878 bits per heavy atom. The van der Waals surface area contributed by atoms with Crippen LogP contribution in [0.5, 0.6) is 0 Å². The number of carbonyl (C=O) groups excluding carboxylic acids is 1. The van der Waals surface area contributed by atoms with Crippen LogP contribution in [0.1, 0.15) is 72.2 Å². The first kappa shape index (κ1) is 37.6. The Hall–Kier alpha value is -4.24. The van der Waals surface area contributed by atoms with Crippen LogP contribution in [0.3, 0.4) is 0 Å². The topological polar surface area (TPSA) is 135 Å². The second kappa shape index (κ2) is 15.5. The van der Waals surface area contributed by atoms with Gasteiger partial charge in [0, 0.05) is 30.3 Å². The maximum atomic E-state index is 16.1. The Morgan fingerprint density at radius 2 is 1.53 bits per heavy atom. The highest BCUT2D eigenvalue weighted by atomic mass is 32.2. The van der Waals surface area contributed by atoms with Gasteiger partial charge >= 0.3 is 6.09 Å². The van der Waals surface area contributed by atoms with Crippen LogP contribution in [-0.2, 0) is 20.2 Å². The number of rotatable bonds is 13. The van der Waals surface area contributed by atoms with E-state index < -0.39 is 55.2 Å². The molecule has 4 rings (SSSR count). The molecule has 0 spiro atoms. The number of alkyl carbamates (subject to hydrolysis) is 1. The second-order valence-electron chi connectivity index (χ2n) is 13.3. The highest BCUT2D eigenvalue weighted by Crippen LogP contribution is 2.42. The molecule has 0 unspecified atom stereocenters. The molecule has 0 aliphatic rings. The van der Waals surface area contributed by atoms with E-state index >= 15 is 4.39 Å². The van der Waals surface area contributed by atoms with E-state index in [1.807, 2.05) is 46.3 Å². The first-order valence-electron chi connectivity index (χ1n) is 15.8. The number of aromatic nitrogens is 3. The monoisotopic (exact) mass is 718 g/mol. The first-order valence-corrected chi connectivity index (χ1v) is 18.1. The summed E-state index contributed by atoms with van der Waals surface area (Å²) in [7, 11) is -4.82. The lowest BCUT2D eigenvalue weighted by Crippen LogP contribution is -2.32. The lowest BCUT2D eigenvalue weighted by molar-refractivity contribution is 0.0527. The summed E-state index contributed by atoms with van der Waals surface area (Å²) in [5.41, 5.74) is -0.758. The summed E-state index contributed by atoms with van der Waals surface area (Å²) in [6.07, 6.45) is 4.63. The van der Waals surface area contributed by atoms with E-state index in [1.54, 1.807) is 12.3 Å². The van der Waals surface area contributed by atoms with Gasteiger partial charge in [0.25, 0.3) is 10.0 Å². The van der Waals surface area contributed by atoms with E-state index in [1.165, 1.54) is 23.5 Å². The van der Waals surface area contributed by atoms with Gasteiger partial charge in [0.2, 0.25) is 5.95 Å². The smallest absolute Gasteiger partial charge is 0.407 e. The summed E-state index contributed by atoms with van der Waals surface area (Å²) in [5.74, 6) is -3.21. The Kier molecular flexibility index (Phi) is 11.9. The Labute approximate surface area is 289 Å². The van der Waals surface area contributed by atoms with E-state index in [4.69, 9.17) is 9.72 Å². The minimum atomic E-state index is -4.82. The number of anilines is 2. The number of hydrogen-bond acceptors (Lipinski definition) is 9. The van der Waals surface area contributed by atoms with Gasteiger partial charge < -0.3 is 15.4 Å². The van der Waals surface area contributed by atoms with Gasteiger partial charge in [0.1, 0.15) is 17.2 Å². The summed E-state index contributed by atoms with van der Waals surface area (Å²) in [6, 6.07) is 8.36. The number of sulfonamides is 1. The largest absolute Gasteiger partial charge is 0.444 e. The van der Waals surface area contributed by atoms with Gasteiger partial charge in [-0.2, -0.15) is 0 Å². The van der Waals surface area contributed by atoms with Crippen LogP contribution >= 0.6 is 11.3 Å². The molecule has 0 fully saturated rings. The number of unbranched alkanes of at least 4 members (excludes halogenated alkanes) is 3. The molecule has 15 heteroatoms. The third kappa shape index (κ3) is 10.1. The fraction of sp³-hybridized carbons (Fsp3) is 0.412. The fourth-order valence-electron chi connectivity index (χ4n) is 4.60. The van der Waals surface area contributed by atoms with Crippen molar-refractivity contribution in [2.75, 3.05) is 23.1 Å². The molecule has 2 aromatic carbocycles. The number of carbonyl (C=O) groups is 1. The van der Waals surface area contributed by atoms with Crippen LogP contribution in [0.2, 0.25) is 0 Å². The van der Waals surface area contributed by atoms with Gasteiger partial charge in [-0.1, -0.05) is 45.7 Å². The number of thiazole rings is 1. The third-order valence-corrected chi connectivity index (χ3v) is 9.82. The molecule has 0 aliphatic carbocycles. The van der Waals surface area contributed by atoms with Crippen molar-refractivity contribution in [3.63, 3.8) is 0 Å². The molecular formula is C34H41F3N6O4S2. The van der Waals surface area contributed by atoms with Crippen molar-refractivity contribution in [3.8, 4) is 21.8 Å². The molecule has 2 heterocycles. The Morgan fingerprint density at radius 3 is 2.18 bits per heavy atom. The molecule has 0 saturated carbocycles. The number of benzene rings is 2. The minimum Gasteiger partial charge on any atom is -0.444 e. The van der Waals surface area contributed by atoms with Crippen LogP contribution in [0.4, 0.5) is 29.6 Å². The van der Waals surface area contributed by atoms with E-state index in [-0.39, 0.29) is 11.3 Å². The number of halogens is 3. The van der Waals surface area contributed by atoms with Crippen molar-refractivity contribution >= 4 is 39.1 Å². The SMILES string of the molecule is CC(C)(C)OC(=O)NCCCCCCNc1nccc(-c2sc(C(C)(C)C)nc2-c2cccc(NS(=O)(=O)c3c(F)cccc3F)c2F)n1. The summed E-state index contributed by atoms with van der Waals surface area (Å²) < 4.78 is 77.8. The number of ether oxygens (including phenoxy) is 1. The summed E-state index contributed by atoms with van der Waals surface area (Å²) >= 11 is 1.32. The lowest BCUT2D eigenvalue weighted by Gasteiger charge is -2.19. The van der Waals surface area contributed by atoms with E-state index in [2.05, 4.69) is 20.6 Å². The van der Waals surface area contributed by atoms with E-state index in [0.717, 1.165) is 49.9 Å². The molecule has 0 atom stereocenters. The van der Waals surface area contributed by atoms with Crippen LogP contribution < -0.4 is 15.4 Å². The second-order valence-corrected chi connectivity index (χ2v) is 15.9. The number of nitrogens with zero attached hydrogens (tertiary/aromatic N) is 3. The van der Waals surface area contributed by atoms with Crippen molar-refractivity contribution in [1.29, 1.82) is 0 Å².